The zero-order valence-corrected chi connectivity index (χ0v) is 18.6. The Bertz CT molecular complexity index is 1160. The minimum absolute atomic E-state index is 0.0286. The second-order valence-electron chi connectivity index (χ2n) is 6.46. The van der Waals surface area contributed by atoms with Gasteiger partial charge in [0.15, 0.2) is 5.84 Å². The van der Waals surface area contributed by atoms with Gasteiger partial charge < -0.3 is 10.6 Å². The van der Waals surface area contributed by atoms with Crippen LogP contribution in [0, 0.1) is 11.3 Å². The van der Waals surface area contributed by atoms with Gasteiger partial charge in [0.25, 0.3) is 0 Å². The lowest BCUT2D eigenvalue weighted by Gasteiger charge is -2.11. The average molecular weight is 469 g/mol. The van der Waals surface area contributed by atoms with Crippen LogP contribution in [0.3, 0.4) is 0 Å². The summed E-state index contributed by atoms with van der Waals surface area (Å²) in [4.78, 5) is 13.9. The van der Waals surface area contributed by atoms with Gasteiger partial charge in [0, 0.05) is 29.9 Å². The summed E-state index contributed by atoms with van der Waals surface area (Å²) >= 11 is 9.69. The van der Waals surface area contributed by atoms with Crippen molar-refractivity contribution in [2.45, 2.75) is 11.9 Å². The summed E-state index contributed by atoms with van der Waals surface area (Å²) in [6.07, 6.45) is 6.65. The van der Waals surface area contributed by atoms with E-state index in [0.717, 1.165) is 21.2 Å². The molecule has 0 aliphatic carbocycles. The number of nitrogens with two attached hydrogens (primary N) is 1. The first-order chi connectivity index (χ1) is 15.2. The number of aromatic nitrogens is 3. The molecule has 1 aliphatic rings. The third kappa shape index (κ3) is 5.05. The van der Waals surface area contributed by atoms with Gasteiger partial charge in [0.2, 0.25) is 0 Å². The van der Waals surface area contributed by atoms with Crippen LogP contribution in [-0.4, -0.2) is 26.1 Å². The van der Waals surface area contributed by atoms with Gasteiger partial charge in [-0.25, -0.2) is 4.98 Å². The first-order valence-electron chi connectivity index (χ1n) is 9.23. The van der Waals surface area contributed by atoms with Crippen molar-refractivity contribution in [2.24, 2.45) is 10.9 Å². The normalized spacial score (nSPS) is 17.9. The van der Waals surface area contributed by atoms with Crippen LogP contribution in [0.15, 0.2) is 70.7 Å². The number of oxime groups is 1. The molecule has 0 bridgehead atoms. The molecular formula is C21H17ClN6OS2. The molecule has 0 amide bonds. The Morgan fingerprint density at radius 3 is 2.94 bits per heavy atom. The number of halogens is 1. The van der Waals surface area contributed by atoms with Crippen LogP contribution in [-0.2, 0) is 11.4 Å². The Labute approximate surface area is 193 Å². The molecule has 31 heavy (non-hydrogen) atoms. The van der Waals surface area contributed by atoms with E-state index in [0.29, 0.717) is 22.9 Å². The van der Waals surface area contributed by atoms with Crippen LogP contribution in [0.2, 0.25) is 5.02 Å². The highest BCUT2D eigenvalue weighted by atomic mass is 35.5. The molecule has 2 aromatic heterocycles. The van der Waals surface area contributed by atoms with Gasteiger partial charge >= 0.3 is 0 Å². The Balaban J connectivity index is 1.45. The van der Waals surface area contributed by atoms with Gasteiger partial charge in [-0.05, 0) is 11.6 Å². The Hall–Kier alpha value is -2.93. The molecule has 1 atom stereocenters. The van der Waals surface area contributed by atoms with Crippen LogP contribution in [0.5, 0.6) is 0 Å². The quantitative estimate of drug-likeness (QED) is 0.243. The number of hydrogen-bond acceptors (Lipinski definition) is 7. The maximum Gasteiger partial charge on any atom is 0.171 e. The minimum atomic E-state index is 0.0286. The Kier molecular flexibility index (Phi) is 6.82. The molecule has 10 heteroatoms. The molecule has 1 saturated heterocycles. The van der Waals surface area contributed by atoms with E-state index in [1.54, 1.807) is 59.1 Å². The predicted octanol–water partition coefficient (Wildman–Crippen LogP) is 4.64. The fourth-order valence-electron chi connectivity index (χ4n) is 2.84. The van der Waals surface area contributed by atoms with E-state index in [1.807, 2.05) is 30.3 Å². The van der Waals surface area contributed by atoms with E-state index in [2.05, 4.69) is 21.2 Å². The summed E-state index contributed by atoms with van der Waals surface area (Å²) in [7, 11) is 0. The van der Waals surface area contributed by atoms with Crippen molar-refractivity contribution in [2.75, 3.05) is 5.75 Å². The molecule has 7 nitrogen and oxygen atoms in total. The highest BCUT2D eigenvalue weighted by molar-refractivity contribution is 8.25. The molecular weight excluding hydrogens is 452 g/mol. The van der Waals surface area contributed by atoms with Crippen molar-refractivity contribution in [1.82, 2.24) is 14.5 Å². The molecule has 0 saturated carbocycles. The summed E-state index contributed by atoms with van der Waals surface area (Å²) in [6, 6.07) is 13.7. The van der Waals surface area contributed by atoms with E-state index in [1.165, 1.54) is 0 Å². The number of hydrogen-bond donors (Lipinski definition) is 1. The highest BCUT2D eigenvalue weighted by Crippen LogP contribution is 2.52. The van der Waals surface area contributed by atoms with Gasteiger partial charge in [-0.2, -0.15) is 5.26 Å². The second-order valence-corrected chi connectivity index (χ2v) is 9.37. The van der Waals surface area contributed by atoms with Crippen LogP contribution < -0.4 is 5.73 Å². The lowest BCUT2D eigenvalue weighted by atomic mass is 10.2. The van der Waals surface area contributed by atoms with Crippen molar-refractivity contribution >= 4 is 46.7 Å². The number of imidazole rings is 1. The molecule has 1 fully saturated rings. The van der Waals surface area contributed by atoms with Crippen LogP contribution in [0.1, 0.15) is 22.1 Å². The fraction of sp³-hybridized carbons (Fsp3) is 0.143. The van der Waals surface area contributed by atoms with Gasteiger partial charge in [-0.1, -0.05) is 47.1 Å². The lowest BCUT2D eigenvalue weighted by Crippen LogP contribution is -2.15. The molecule has 1 aromatic carbocycles. The number of amidine groups is 1. The first kappa shape index (κ1) is 21.3. The maximum absolute atomic E-state index is 9.55. The Morgan fingerprint density at radius 1 is 1.39 bits per heavy atom. The number of thioether (sulfide) groups is 2. The first-order valence-corrected chi connectivity index (χ1v) is 11.5. The third-order valence-electron chi connectivity index (χ3n) is 4.38. The molecule has 0 radical (unpaired) electrons. The smallest absolute Gasteiger partial charge is 0.171 e. The minimum Gasteiger partial charge on any atom is -0.389 e. The second kappa shape index (κ2) is 9.92. The van der Waals surface area contributed by atoms with E-state index in [4.69, 9.17) is 22.2 Å². The van der Waals surface area contributed by atoms with Gasteiger partial charge in [-0.15, -0.1) is 23.5 Å². The molecule has 3 aromatic rings. The number of pyridine rings is 1. The predicted molar refractivity (Wildman–Crippen MR) is 125 cm³/mol. The topological polar surface area (TPSA) is 102 Å². The molecule has 2 N–H and O–H groups in total. The molecule has 3 heterocycles. The summed E-state index contributed by atoms with van der Waals surface area (Å²) in [5, 5.41) is 14.0. The van der Waals surface area contributed by atoms with Crippen molar-refractivity contribution < 1.29 is 4.84 Å². The van der Waals surface area contributed by atoms with E-state index < -0.39 is 0 Å². The van der Waals surface area contributed by atoms with E-state index in [9.17, 15) is 5.26 Å². The number of allylic oxidation sites excluding steroid dienone is 1. The SMILES string of the molecule is N#C/C(=C1/SCC(c2ncc(C(N)=NOCc3ccccc3)cc2Cl)S1)n1ccnc1. The van der Waals surface area contributed by atoms with Crippen LogP contribution in [0.25, 0.3) is 5.70 Å². The number of nitrogens with zero attached hydrogens (tertiary/aromatic N) is 5. The van der Waals surface area contributed by atoms with Crippen molar-refractivity contribution in [1.29, 1.82) is 5.26 Å². The van der Waals surface area contributed by atoms with Crippen molar-refractivity contribution in [3.05, 3.63) is 87.4 Å². The van der Waals surface area contributed by atoms with Gasteiger partial charge in [0.1, 0.15) is 18.4 Å². The van der Waals surface area contributed by atoms with Crippen LogP contribution >= 0.6 is 35.1 Å². The monoisotopic (exact) mass is 468 g/mol. The zero-order chi connectivity index (χ0) is 21.6. The molecule has 1 aliphatic heterocycles. The standard InChI is InChI=1S/C21H17ClN6OS2/c22-16-8-15(20(24)27-29-11-14-4-2-1-3-5-14)10-26-19(16)18-12-30-21(31-18)17(9-23)28-7-6-25-13-28/h1-8,10,13,18H,11-12H2,(H2,24,27)/b21-17+. The van der Waals surface area contributed by atoms with Gasteiger partial charge in [0.05, 0.1) is 26.5 Å². The summed E-state index contributed by atoms with van der Waals surface area (Å²) in [5.41, 5.74) is 8.92. The molecule has 4 rings (SSSR count). The molecule has 156 valence electrons. The summed E-state index contributed by atoms with van der Waals surface area (Å²) in [6.45, 7) is 0.323. The Morgan fingerprint density at radius 2 is 2.23 bits per heavy atom. The zero-order valence-electron chi connectivity index (χ0n) is 16.2. The third-order valence-corrected chi connectivity index (χ3v) is 7.58. The van der Waals surface area contributed by atoms with E-state index >= 15 is 0 Å². The highest BCUT2D eigenvalue weighted by Gasteiger charge is 2.29. The van der Waals surface area contributed by atoms with E-state index in [-0.39, 0.29) is 11.1 Å². The van der Waals surface area contributed by atoms with Crippen LogP contribution in [0.4, 0.5) is 0 Å². The summed E-state index contributed by atoms with van der Waals surface area (Å²) < 4.78 is 2.63. The molecule has 1 unspecified atom stereocenters. The van der Waals surface area contributed by atoms with Crippen molar-refractivity contribution in [3.8, 4) is 6.07 Å². The maximum atomic E-state index is 9.55. The van der Waals surface area contributed by atoms with Crippen molar-refractivity contribution in [3.63, 3.8) is 0 Å². The molecule has 0 spiro atoms. The lowest BCUT2D eigenvalue weighted by molar-refractivity contribution is 0.130. The number of rotatable bonds is 6. The van der Waals surface area contributed by atoms with Gasteiger partial charge in [-0.3, -0.25) is 9.55 Å². The average Bonchev–Trinajstić information content (AvgIpc) is 3.48. The fourth-order valence-corrected chi connectivity index (χ4v) is 6.07. The number of benzene rings is 1. The largest absolute Gasteiger partial charge is 0.389 e. The summed E-state index contributed by atoms with van der Waals surface area (Å²) in [5.74, 6) is 0.966. The number of nitriles is 1.